The van der Waals surface area contributed by atoms with Gasteiger partial charge in [0.25, 0.3) is 5.91 Å². The van der Waals surface area contributed by atoms with Crippen molar-refractivity contribution in [3.05, 3.63) is 83.5 Å². The molecule has 5 nitrogen and oxygen atoms in total. The first kappa shape index (κ1) is 21.3. The van der Waals surface area contributed by atoms with Crippen LogP contribution < -0.4 is 5.32 Å². The van der Waals surface area contributed by atoms with Crippen LogP contribution in [0.3, 0.4) is 0 Å². The second-order valence-electron chi connectivity index (χ2n) is 8.13. The number of benzene rings is 3. The molecule has 33 heavy (non-hydrogen) atoms. The molecule has 1 N–H and O–H groups in total. The first-order valence-electron chi connectivity index (χ1n) is 10.9. The summed E-state index contributed by atoms with van der Waals surface area (Å²) in [4.78, 5) is 32.2. The van der Waals surface area contributed by atoms with Crippen molar-refractivity contribution in [2.75, 3.05) is 18.4 Å². The zero-order chi connectivity index (χ0) is 22.8. The van der Waals surface area contributed by atoms with Crippen molar-refractivity contribution < 1.29 is 14.0 Å². The molecule has 166 valence electrons. The van der Waals surface area contributed by atoms with Gasteiger partial charge >= 0.3 is 0 Å². The highest BCUT2D eigenvalue weighted by atomic mass is 32.1. The first-order valence-corrected chi connectivity index (χ1v) is 11.8. The number of fused-ring (bicyclic) bond motifs is 1. The third kappa shape index (κ3) is 4.50. The van der Waals surface area contributed by atoms with Crippen molar-refractivity contribution in [2.45, 2.75) is 12.8 Å². The van der Waals surface area contributed by atoms with Crippen molar-refractivity contribution >= 4 is 39.1 Å². The number of amides is 2. The molecular weight excluding hydrogens is 437 g/mol. The van der Waals surface area contributed by atoms with Gasteiger partial charge in [0, 0.05) is 35.5 Å². The minimum absolute atomic E-state index is 0.00882. The Kier molecular flexibility index (Phi) is 5.88. The van der Waals surface area contributed by atoms with E-state index in [2.05, 4.69) is 10.3 Å². The molecule has 7 heteroatoms. The largest absolute Gasteiger partial charge is 0.339 e. The summed E-state index contributed by atoms with van der Waals surface area (Å²) in [5, 5.41) is 7.26. The number of nitrogens with zero attached hydrogens (tertiary/aromatic N) is 2. The number of likely N-dealkylation sites (tertiary alicyclic amines) is 1. The van der Waals surface area contributed by atoms with Crippen LogP contribution in [0.1, 0.15) is 23.2 Å². The molecule has 1 aliphatic heterocycles. The number of carbonyl (C=O) groups excluding carboxylic acids is 2. The van der Waals surface area contributed by atoms with E-state index >= 15 is 0 Å². The highest BCUT2D eigenvalue weighted by Gasteiger charge is 2.28. The molecule has 0 spiro atoms. The van der Waals surface area contributed by atoms with E-state index in [1.807, 2.05) is 52.7 Å². The van der Waals surface area contributed by atoms with Crippen molar-refractivity contribution in [3.63, 3.8) is 0 Å². The molecule has 3 aromatic carbocycles. The Balaban J connectivity index is 1.20. The predicted molar refractivity (Wildman–Crippen MR) is 129 cm³/mol. The second kappa shape index (κ2) is 9.11. The van der Waals surface area contributed by atoms with Crippen LogP contribution in [0.5, 0.6) is 0 Å². The lowest BCUT2D eigenvalue weighted by atomic mass is 9.95. The lowest BCUT2D eigenvalue weighted by Gasteiger charge is -2.31. The fraction of sp³-hybridized carbons (Fsp3) is 0.192. The average Bonchev–Trinajstić information content (AvgIpc) is 3.32. The van der Waals surface area contributed by atoms with Gasteiger partial charge in [0.2, 0.25) is 5.91 Å². The summed E-state index contributed by atoms with van der Waals surface area (Å²) in [5.41, 5.74) is 2.20. The molecule has 5 rings (SSSR count). The molecule has 4 aromatic rings. The summed E-state index contributed by atoms with van der Waals surface area (Å²) in [6.45, 7) is 1.08. The molecule has 2 amide bonds. The van der Waals surface area contributed by atoms with Crippen molar-refractivity contribution in [2.24, 2.45) is 5.92 Å². The maximum Gasteiger partial charge on any atom is 0.254 e. The van der Waals surface area contributed by atoms with Gasteiger partial charge in [-0.05, 0) is 53.9 Å². The van der Waals surface area contributed by atoms with Crippen LogP contribution in [0, 0.1) is 11.7 Å². The summed E-state index contributed by atoms with van der Waals surface area (Å²) in [7, 11) is 0. The third-order valence-corrected chi connectivity index (χ3v) is 6.81. The Morgan fingerprint density at radius 2 is 1.70 bits per heavy atom. The van der Waals surface area contributed by atoms with Crippen molar-refractivity contribution in [1.82, 2.24) is 9.88 Å². The zero-order valence-electron chi connectivity index (χ0n) is 17.8. The number of aromatic nitrogens is 1. The van der Waals surface area contributed by atoms with Crippen LogP contribution in [0.25, 0.3) is 22.0 Å². The highest BCUT2D eigenvalue weighted by Crippen LogP contribution is 2.27. The average molecular weight is 460 g/mol. The van der Waals surface area contributed by atoms with E-state index in [1.165, 1.54) is 23.5 Å². The molecule has 1 aromatic heterocycles. The summed E-state index contributed by atoms with van der Waals surface area (Å²) < 4.78 is 13.1. The van der Waals surface area contributed by atoms with Crippen LogP contribution in [0.4, 0.5) is 9.52 Å². The molecule has 2 heterocycles. The molecule has 1 fully saturated rings. The van der Waals surface area contributed by atoms with Gasteiger partial charge in [0.15, 0.2) is 5.13 Å². The molecule has 1 saturated heterocycles. The summed E-state index contributed by atoms with van der Waals surface area (Å²) >= 11 is 1.34. The number of halogens is 1. The Morgan fingerprint density at radius 1 is 0.970 bits per heavy atom. The summed E-state index contributed by atoms with van der Waals surface area (Å²) in [6, 6.07) is 19.8. The standard InChI is InChI=1S/C26H22FN3O2S/c27-20-10-8-18(9-11-20)23-16-33-26(28-23)29-24(31)19-12-14-30(15-13-19)25(32)22-7-3-5-17-4-1-2-6-21(17)22/h1-11,16,19H,12-15H2,(H,28,29,31). The molecule has 0 unspecified atom stereocenters. The van der Waals surface area contributed by atoms with Gasteiger partial charge in [0.05, 0.1) is 5.69 Å². The van der Waals surface area contributed by atoms with Gasteiger partial charge in [-0.25, -0.2) is 9.37 Å². The highest BCUT2D eigenvalue weighted by molar-refractivity contribution is 7.14. The maximum absolute atomic E-state index is 13.1. The Hall–Kier alpha value is -3.58. The number of carbonyl (C=O) groups is 2. The van der Waals surface area contributed by atoms with Crippen LogP contribution in [0.15, 0.2) is 72.1 Å². The van der Waals surface area contributed by atoms with Gasteiger partial charge < -0.3 is 10.2 Å². The van der Waals surface area contributed by atoms with Crippen LogP contribution in [-0.2, 0) is 4.79 Å². The van der Waals surface area contributed by atoms with Crippen LogP contribution in [0.2, 0.25) is 0 Å². The van der Waals surface area contributed by atoms with E-state index in [4.69, 9.17) is 0 Å². The molecular formula is C26H22FN3O2S. The monoisotopic (exact) mass is 459 g/mol. The minimum atomic E-state index is -0.298. The molecule has 0 bridgehead atoms. The SMILES string of the molecule is O=C(Nc1nc(-c2ccc(F)cc2)cs1)C1CCN(C(=O)c2cccc3ccccc23)CC1. The van der Waals surface area contributed by atoms with Gasteiger partial charge in [0.1, 0.15) is 5.82 Å². The van der Waals surface area contributed by atoms with Gasteiger partial charge in [-0.2, -0.15) is 0 Å². The van der Waals surface area contributed by atoms with E-state index in [-0.39, 0.29) is 23.5 Å². The molecule has 1 aliphatic rings. The van der Waals surface area contributed by atoms with Gasteiger partial charge in [-0.3, -0.25) is 9.59 Å². The van der Waals surface area contributed by atoms with E-state index in [0.29, 0.717) is 42.3 Å². The fourth-order valence-corrected chi connectivity index (χ4v) is 4.94. The predicted octanol–water partition coefficient (Wildman–Crippen LogP) is 5.59. The van der Waals surface area contributed by atoms with Crippen molar-refractivity contribution in [3.8, 4) is 11.3 Å². The van der Waals surface area contributed by atoms with Gasteiger partial charge in [-0.15, -0.1) is 11.3 Å². The normalized spacial score (nSPS) is 14.4. The van der Waals surface area contributed by atoms with E-state index in [1.54, 1.807) is 12.1 Å². The van der Waals surface area contributed by atoms with E-state index < -0.39 is 0 Å². The molecule has 0 radical (unpaired) electrons. The number of hydrogen-bond donors (Lipinski definition) is 1. The number of piperidine rings is 1. The summed E-state index contributed by atoms with van der Waals surface area (Å²) in [6.07, 6.45) is 1.22. The Morgan fingerprint density at radius 3 is 2.48 bits per heavy atom. The van der Waals surface area contributed by atoms with Crippen LogP contribution >= 0.6 is 11.3 Å². The van der Waals surface area contributed by atoms with E-state index in [0.717, 1.165) is 16.3 Å². The van der Waals surface area contributed by atoms with E-state index in [9.17, 15) is 14.0 Å². The quantitative estimate of drug-likeness (QED) is 0.433. The molecule has 0 atom stereocenters. The lowest BCUT2D eigenvalue weighted by molar-refractivity contribution is -0.121. The lowest BCUT2D eigenvalue weighted by Crippen LogP contribution is -2.41. The molecule has 0 saturated carbocycles. The van der Waals surface area contributed by atoms with Crippen LogP contribution in [-0.4, -0.2) is 34.8 Å². The Bertz CT molecular complexity index is 1310. The number of anilines is 1. The van der Waals surface area contributed by atoms with Gasteiger partial charge in [-0.1, -0.05) is 36.4 Å². The topological polar surface area (TPSA) is 62.3 Å². The smallest absolute Gasteiger partial charge is 0.254 e. The Labute approximate surface area is 194 Å². The number of rotatable bonds is 4. The second-order valence-corrected chi connectivity index (χ2v) is 8.99. The number of thiazole rings is 1. The number of nitrogens with one attached hydrogen (secondary N) is 1. The molecule has 0 aliphatic carbocycles. The fourth-order valence-electron chi connectivity index (χ4n) is 4.22. The third-order valence-electron chi connectivity index (χ3n) is 6.05. The number of hydrogen-bond acceptors (Lipinski definition) is 4. The first-order chi connectivity index (χ1) is 16.1. The minimum Gasteiger partial charge on any atom is -0.339 e. The summed E-state index contributed by atoms with van der Waals surface area (Å²) in [5.74, 6) is -0.533. The van der Waals surface area contributed by atoms with Crippen molar-refractivity contribution in [1.29, 1.82) is 0 Å². The maximum atomic E-state index is 13.1. The zero-order valence-corrected chi connectivity index (χ0v) is 18.6.